The molecule has 0 saturated carbocycles. The van der Waals surface area contributed by atoms with Gasteiger partial charge in [-0.25, -0.2) is 4.99 Å². The number of hydrogen-bond donors (Lipinski definition) is 1. The summed E-state index contributed by atoms with van der Waals surface area (Å²) in [5, 5.41) is 0. The summed E-state index contributed by atoms with van der Waals surface area (Å²) < 4.78 is 6.44. The van der Waals surface area contributed by atoms with Crippen LogP contribution < -0.4 is 5.73 Å². The summed E-state index contributed by atoms with van der Waals surface area (Å²) >= 11 is 0. The Morgan fingerprint density at radius 2 is 1.88 bits per heavy atom. The number of nitrogens with two attached hydrogens (primary N) is 1. The van der Waals surface area contributed by atoms with E-state index in [-0.39, 0.29) is 5.41 Å². The first-order valence-electron chi connectivity index (χ1n) is 15.1. The first kappa shape index (κ1) is 31.5. The third-order valence-electron chi connectivity index (χ3n) is 8.01. The lowest BCUT2D eigenvalue weighted by Gasteiger charge is -2.31. The van der Waals surface area contributed by atoms with Crippen molar-refractivity contribution in [2.45, 2.75) is 33.1 Å². The maximum absolute atomic E-state index is 6.44. The SMILES string of the molecule is C=C1/C=C\C=C/CN(C/C(C)=C(\C=C/CC)C(=C/Cc2ccccc2)/N=CN)C2=C\1COCC1(C=CC=CC1)C(=C)/C=C\2. The molecule has 4 nitrogen and oxygen atoms in total. The number of benzene rings is 1. The van der Waals surface area contributed by atoms with E-state index in [1.54, 1.807) is 0 Å². The minimum absolute atomic E-state index is 0.239. The van der Waals surface area contributed by atoms with E-state index in [1.165, 1.54) is 17.5 Å². The van der Waals surface area contributed by atoms with Crippen LogP contribution in [0.15, 0.2) is 167 Å². The fraction of sp³-hybridized carbons (Fsp3) is 0.256. The second-order valence-corrected chi connectivity index (χ2v) is 11.1. The van der Waals surface area contributed by atoms with Crippen molar-refractivity contribution in [2.24, 2.45) is 16.1 Å². The molecule has 1 atom stereocenters. The van der Waals surface area contributed by atoms with Gasteiger partial charge in [0.15, 0.2) is 0 Å². The van der Waals surface area contributed by atoms with Crippen molar-refractivity contribution in [3.05, 3.63) is 167 Å². The molecule has 4 heteroatoms. The Hall–Kier alpha value is -4.41. The first-order valence-corrected chi connectivity index (χ1v) is 15.1. The van der Waals surface area contributed by atoms with E-state index < -0.39 is 0 Å². The van der Waals surface area contributed by atoms with Gasteiger partial charge in [0, 0.05) is 35.3 Å². The van der Waals surface area contributed by atoms with Crippen molar-refractivity contribution in [2.75, 3.05) is 26.3 Å². The van der Waals surface area contributed by atoms with Crippen molar-refractivity contribution in [3.8, 4) is 0 Å². The first-order chi connectivity index (χ1) is 21.0. The molecule has 1 unspecified atom stereocenters. The fourth-order valence-electron chi connectivity index (χ4n) is 5.49. The highest BCUT2D eigenvalue weighted by molar-refractivity contribution is 5.58. The lowest BCUT2D eigenvalue weighted by atomic mass is 9.76. The Kier molecular flexibility index (Phi) is 11.5. The predicted molar refractivity (Wildman–Crippen MR) is 183 cm³/mol. The van der Waals surface area contributed by atoms with Gasteiger partial charge in [-0.05, 0) is 54.5 Å². The minimum atomic E-state index is -0.239. The molecule has 1 aliphatic carbocycles. The van der Waals surface area contributed by atoms with Crippen LogP contribution in [0.5, 0.6) is 0 Å². The Morgan fingerprint density at radius 1 is 1.07 bits per heavy atom. The molecule has 0 fully saturated rings. The summed E-state index contributed by atoms with van der Waals surface area (Å²) in [6.45, 7) is 15.7. The maximum atomic E-state index is 6.44. The molecule has 0 radical (unpaired) electrons. The van der Waals surface area contributed by atoms with Crippen LogP contribution in [-0.2, 0) is 11.2 Å². The molecule has 3 aliphatic rings. The van der Waals surface area contributed by atoms with Crippen LogP contribution in [0.3, 0.4) is 0 Å². The molecular formula is C39H45N3O. The lowest BCUT2D eigenvalue weighted by Crippen LogP contribution is -2.28. The van der Waals surface area contributed by atoms with Crippen LogP contribution in [0.1, 0.15) is 32.3 Å². The second-order valence-electron chi connectivity index (χ2n) is 11.1. The molecule has 0 saturated heterocycles. The predicted octanol–water partition coefficient (Wildman–Crippen LogP) is 8.27. The Bertz CT molecular complexity index is 1470. The molecule has 2 aliphatic heterocycles. The smallest absolute Gasteiger partial charge is 0.0860 e. The molecule has 1 aromatic rings. The van der Waals surface area contributed by atoms with E-state index in [1.807, 2.05) is 6.07 Å². The Balaban J connectivity index is 1.76. The summed E-state index contributed by atoms with van der Waals surface area (Å²) in [4.78, 5) is 7.02. The number of nitrogens with zero attached hydrogens (tertiary/aromatic N) is 2. The zero-order valence-corrected chi connectivity index (χ0v) is 25.7. The van der Waals surface area contributed by atoms with E-state index in [9.17, 15) is 0 Å². The zero-order chi connectivity index (χ0) is 30.5. The summed E-state index contributed by atoms with van der Waals surface area (Å²) in [5.41, 5.74) is 14.1. The van der Waals surface area contributed by atoms with Crippen molar-refractivity contribution in [1.82, 2.24) is 4.90 Å². The van der Waals surface area contributed by atoms with Gasteiger partial charge in [0.1, 0.15) is 0 Å². The molecule has 0 aromatic heterocycles. The van der Waals surface area contributed by atoms with Crippen LogP contribution in [0, 0.1) is 5.41 Å². The average Bonchev–Trinajstić information content (AvgIpc) is 3.13. The average molecular weight is 572 g/mol. The standard InChI is InChI=1S/C39H45N3O/c1-5-6-19-35(37(41-30-40)22-21-34-17-11-7-12-18-34)32(3)27-42-26-15-8-10-16-31(2)36-28-43-29-39(24-13-9-14-25-39)33(4)20-23-38(36)42/h6-20,22-24,30H,2,4-5,21,25-29H2,1,3H3,(H2,40,41)/b15-8-,16-10-,19-6-,23-20-,35-32+,37-22-,38-36-. The summed E-state index contributed by atoms with van der Waals surface area (Å²) in [7, 11) is 0. The third-order valence-corrected chi connectivity index (χ3v) is 8.01. The van der Waals surface area contributed by atoms with Crippen molar-refractivity contribution in [3.63, 3.8) is 0 Å². The molecule has 0 bridgehead atoms. The van der Waals surface area contributed by atoms with Crippen molar-refractivity contribution >= 4 is 6.34 Å². The van der Waals surface area contributed by atoms with Crippen LogP contribution in [0.4, 0.5) is 0 Å². The van der Waals surface area contributed by atoms with Gasteiger partial charge in [-0.2, -0.15) is 0 Å². The maximum Gasteiger partial charge on any atom is 0.0860 e. The van der Waals surface area contributed by atoms with Crippen molar-refractivity contribution in [1.29, 1.82) is 0 Å². The molecule has 1 aromatic carbocycles. The third kappa shape index (κ3) is 8.33. The molecule has 1 spiro atoms. The normalized spacial score (nSPS) is 25.9. The van der Waals surface area contributed by atoms with Crippen LogP contribution >= 0.6 is 0 Å². The highest BCUT2D eigenvalue weighted by Crippen LogP contribution is 2.38. The van der Waals surface area contributed by atoms with Gasteiger partial charge >= 0.3 is 0 Å². The van der Waals surface area contributed by atoms with Crippen LogP contribution in [0.25, 0.3) is 0 Å². The Labute approximate surface area is 258 Å². The largest absolute Gasteiger partial charge is 0.390 e. The number of allylic oxidation sites excluding steroid dienone is 11. The monoisotopic (exact) mass is 571 g/mol. The fourth-order valence-corrected chi connectivity index (χ4v) is 5.49. The number of hydrogen-bond acceptors (Lipinski definition) is 3. The van der Waals surface area contributed by atoms with Gasteiger partial charge in [-0.3, -0.25) is 0 Å². The van der Waals surface area contributed by atoms with Crippen LogP contribution in [0.2, 0.25) is 0 Å². The minimum Gasteiger partial charge on any atom is -0.390 e. The number of rotatable bonds is 8. The van der Waals surface area contributed by atoms with Gasteiger partial charge in [0.05, 0.1) is 25.2 Å². The molecule has 2 heterocycles. The lowest BCUT2D eigenvalue weighted by molar-refractivity contribution is 0.102. The molecule has 43 heavy (non-hydrogen) atoms. The van der Waals surface area contributed by atoms with E-state index in [0.717, 1.165) is 59.5 Å². The number of ether oxygens (including phenoxy) is 1. The molecule has 4 rings (SSSR count). The highest BCUT2D eigenvalue weighted by atomic mass is 16.5. The van der Waals surface area contributed by atoms with Gasteiger partial charge in [0.25, 0.3) is 0 Å². The summed E-state index contributed by atoms with van der Waals surface area (Å²) in [6, 6.07) is 10.4. The van der Waals surface area contributed by atoms with Gasteiger partial charge in [-0.1, -0.05) is 123 Å². The Morgan fingerprint density at radius 3 is 2.63 bits per heavy atom. The van der Waals surface area contributed by atoms with Crippen molar-refractivity contribution < 1.29 is 4.74 Å². The molecule has 222 valence electrons. The summed E-state index contributed by atoms with van der Waals surface area (Å²) in [5.74, 6) is 0. The van der Waals surface area contributed by atoms with Crippen LogP contribution in [-0.4, -0.2) is 37.5 Å². The summed E-state index contributed by atoms with van der Waals surface area (Å²) in [6.07, 6.45) is 31.9. The number of aliphatic imine (C=N–C) groups is 1. The van der Waals surface area contributed by atoms with E-state index in [4.69, 9.17) is 10.5 Å². The quantitative estimate of drug-likeness (QED) is 0.194. The van der Waals surface area contributed by atoms with Gasteiger partial charge in [-0.15, -0.1) is 0 Å². The van der Waals surface area contributed by atoms with E-state index >= 15 is 0 Å². The highest BCUT2D eigenvalue weighted by Gasteiger charge is 2.31. The topological polar surface area (TPSA) is 50.8 Å². The molecule has 2 N–H and O–H groups in total. The van der Waals surface area contributed by atoms with Gasteiger partial charge in [0.2, 0.25) is 0 Å². The molecular weight excluding hydrogens is 526 g/mol. The zero-order valence-electron chi connectivity index (χ0n) is 25.7. The van der Waals surface area contributed by atoms with Gasteiger partial charge < -0.3 is 15.4 Å². The van der Waals surface area contributed by atoms with E-state index in [2.05, 4.69) is 140 Å². The second kappa shape index (κ2) is 15.7. The molecule has 0 amide bonds. The van der Waals surface area contributed by atoms with E-state index in [0.29, 0.717) is 19.8 Å².